The molecule has 6 heteroatoms. The van der Waals surface area contributed by atoms with Crippen molar-refractivity contribution in [2.45, 2.75) is 33.6 Å². The lowest BCUT2D eigenvalue weighted by Gasteiger charge is -2.24. The maximum atomic E-state index is 13.3. The van der Waals surface area contributed by atoms with Crippen LogP contribution in [0.4, 0.5) is 0 Å². The Kier molecular flexibility index (Phi) is 7.00. The highest BCUT2D eigenvalue weighted by Crippen LogP contribution is 2.28. The van der Waals surface area contributed by atoms with Gasteiger partial charge in [0.25, 0.3) is 11.8 Å². The first-order chi connectivity index (χ1) is 14.5. The van der Waals surface area contributed by atoms with Gasteiger partial charge in [0.05, 0.1) is 11.6 Å². The molecule has 0 saturated heterocycles. The number of nitrogens with zero attached hydrogens (tertiary/aromatic N) is 3. The van der Waals surface area contributed by atoms with E-state index in [9.17, 15) is 14.7 Å². The Morgan fingerprint density at radius 3 is 2.47 bits per heavy atom. The number of aryl methyl sites for hydroxylation is 1. The third-order valence-electron chi connectivity index (χ3n) is 5.43. The Labute approximate surface area is 177 Å². The van der Waals surface area contributed by atoms with Crippen molar-refractivity contribution in [3.8, 4) is 5.75 Å². The number of unbranched alkanes of at least 4 members (excludes halogenated alkanes) is 1. The van der Waals surface area contributed by atoms with Gasteiger partial charge >= 0.3 is 0 Å². The van der Waals surface area contributed by atoms with Crippen LogP contribution in [0.3, 0.4) is 0 Å². The Balaban J connectivity index is 1.95. The second-order valence-electron chi connectivity index (χ2n) is 7.62. The summed E-state index contributed by atoms with van der Waals surface area (Å²) in [6.07, 6.45) is 2.09. The van der Waals surface area contributed by atoms with Crippen molar-refractivity contribution < 1.29 is 14.7 Å². The quantitative estimate of drug-likeness (QED) is 0.675. The molecule has 0 radical (unpaired) electrons. The molecule has 3 rings (SSSR count). The van der Waals surface area contributed by atoms with Crippen LogP contribution in [0.25, 0.3) is 0 Å². The van der Waals surface area contributed by atoms with E-state index in [2.05, 4.69) is 23.8 Å². The Morgan fingerprint density at radius 2 is 1.83 bits per heavy atom. The maximum absolute atomic E-state index is 13.3. The monoisotopic (exact) mass is 407 g/mol. The van der Waals surface area contributed by atoms with Crippen molar-refractivity contribution in [1.29, 1.82) is 0 Å². The molecule has 1 aliphatic rings. The summed E-state index contributed by atoms with van der Waals surface area (Å²) < 4.78 is 0. The van der Waals surface area contributed by atoms with Crippen LogP contribution in [-0.2, 0) is 4.79 Å². The summed E-state index contributed by atoms with van der Waals surface area (Å²) >= 11 is 0. The number of carbonyl (C=O) groups excluding carboxylic acids is 2. The highest BCUT2D eigenvalue weighted by Gasteiger charge is 2.41. The van der Waals surface area contributed by atoms with Crippen LogP contribution >= 0.6 is 0 Å². The minimum atomic E-state index is -0.607. The van der Waals surface area contributed by atoms with Crippen molar-refractivity contribution in [3.05, 3.63) is 65.2 Å². The van der Waals surface area contributed by atoms with Gasteiger partial charge in [-0.2, -0.15) is 10.1 Å². The first-order valence-electron chi connectivity index (χ1n) is 10.5. The second-order valence-corrected chi connectivity index (χ2v) is 7.62. The summed E-state index contributed by atoms with van der Waals surface area (Å²) in [5.74, 6) is -1.36. The van der Waals surface area contributed by atoms with Crippen molar-refractivity contribution >= 4 is 17.5 Å². The van der Waals surface area contributed by atoms with Gasteiger partial charge in [-0.15, -0.1) is 0 Å². The lowest BCUT2D eigenvalue weighted by molar-refractivity contribution is -0.129. The molecule has 0 spiro atoms. The number of phenols is 1. The van der Waals surface area contributed by atoms with Gasteiger partial charge in [-0.25, -0.2) is 0 Å². The molecule has 1 unspecified atom stereocenters. The summed E-state index contributed by atoms with van der Waals surface area (Å²) in [7, 11) is 0. The van der Waals surface area contributed by atoms with E-state index in [1.807, 2.05) is 19.1 Å². The number of aromatic hydroxyl groups is 1. The molecule has 30 heavy (non-hydrogen) atoms. The molecule has 6 nitrogen and oxygen atoms in total. The SMILES string of the molecule is CCCCN(CC)CC1C(=O)N(C(=O)c2ccc(C)cc2)N=C1c1ccccc1O. The van der Waals surface area contributed by atoms with Crippen LogP contribution in [0.1, 0.15) is 48.2 Å². The van der Waals surface area contributed by atoms with E-state index in [1.165, 1.54) is 0 Å². The summed E-state index contributed by atoms with van der Waals surface area (Å²) in [6.45, 7) is 8.25. The summed E-state index contributed by atoms with van der Waals surface area (Å²) in [5, 5.41) is 15.7. The molecule has 0 bridgehead atoms. The van der Waals surface area contributed by atoms with E-state index in [0.29, 0.717) is 23.4 Å². The zero-order valence-corrected chi connectivity index (χ0v) is 17.8. The van der Waals surface area contributed by atoms with E-state index < -0.39 is 11.8 Å². The molecule has 2 aromatic carbocycles. The number of amides is 2. The molecule has 0 fully saturated rings. The molecular formula is C24H29N3O3. The minimum absolute atomic E-state index is 0.0512. The van der Waals surface area contributed by atoms with Gasteiger partial charge in [-0.05, 0) is 50.7 Å². The highest BCUT2D eigenvalue weighted by molar-refractivity contribution is 6.22. The maximum Gasteiger partial charge on any atom is 0.281 e. The fourth-order valence-corrected chi connectivity index (χ4v) is 3.57. The number of hydrogen-bond acceptors (Lipinski definition) is 5. The molecule has 158 valence electrons. The fourth-order valence-electron chi connectivity index (χ4n) is 3.57. The summed E-state index contributed by atoms with van der Waals surface area (Å²) in [6, 6.07) is 13.9. The van der Waals surface area contributed by atoms with Gasteiger partial charge in [-0.1, -0.05) is 50.1 Å². The molecule has 1 aliphatic heterocycles. The van der Waals surface area contributed by atoms with Crippen LogP contribution in [0, 0.1) is 12.8 Å². The number of para-hydroxylation sites is 1. The number of rotatable bonds is 8. The smallest absolute Gasteiger partial charge is 0.281 e. The zero-order valence-electron chi connectivity index (χ0n) is 17.8. The summed E-state index contributed by atoms with van der Waals surface area (Å²) in [5.41, 5.74) is 2.37. The normalized spacial score (nSPS) is 16.3. The average molecular weight is 408 g/mol. The lowest BCUT2D eigenvalue weighted by atomic mass is 9.95. The van der Waals surface area contributed by atoms with Crippen molar-refractivity contribution in [1.82, 2.24) is 9.91 Å². The van der Waals surface area contributed by atoms with E-state index in [1.54, 1.807) is 36.4 Å². The predicted molar refractivity (Wildman–Crippen MR) is 118 cm³/mol. The van der Waals surface area contributed by atoms with Crippen LogP contribution in [0.5, 0.6) is 5.75 Å². The lowest BCUT2D eigenvalue weighted by Crippen LogP contribution is -2.40. The minimum Gasteiger partial charge on any atom is -0.507 e. The Hall–Kier alpha value is -2.99. The zero-order chi connectivity index (χ0) is 21.7. The topological polar surface area (TPSA) is 73.2 Å². The van der Waals surface area contributed by atoms with Crippen molar-refractivity contribution in [2.24, 2.45) is 11.0 Å². The van der Waals surface area contributed by atoms with Crippen LogP contribution in [-0.4, -0.2) is 52.2 Å². The van der Waals surface area contributed by atoms with E-state index in [4.69, 9.17) is 0 Å². The number of phenolic OH excluding ortho intramolecular Hbond substituents is 1. The third-order valence-corrected chi connectivity index (χ3v) is 5.43. The van der Waals surface area contributed by atoms with Gasteiger partial charge in [0, 0.05) is 17.7 Å². The van der Waals surface area contributed by atoms with Gasteiger partial charge in [-0.3, -0.25) is 9.59 Å². The molecule has 0 saturated carbocycles. The van der Waals surface area contributed by atoms with Crippen LogP contribution < -0.4 is 0 Å². The number of benzene rings is 2. The predicted octanol–water partition coefficient (Wildman–Crippen LogP) is 3.83. The third kappa shape index (κ3) is 4.60. The molecule has 1 heterocycles. The molecule has 2 amide bonds. The second kappa shape index (κ2) is 9.67. The van der Waals surface area contributed by atoms with Gasteiger partial charge in [0.2, 0.25) is 0 Å². The first-order valence-corrected chi connectivity index (χ1v) is 10.5. The van der Waals surface area contributed by atoms with Crippen LogP contribution in [0.2, 0.25) is 0 Å². The number of carbonyl (C=O) groups is 2. The number of hydrazone groups is 1. The average Bonchev–Trinajstić information content (AvgIpc) is 3.07. The molecule has 0 aromatic heterocycles. The largest absolute Gasteiger partial charge is 0.507 e. The van der Waals surface area contributed by atoms with Gasteiger partial charge < -0.3 is 10.0 Å². The molecule has 0 aliphatic carbocycles. The molecule has 2 aromatic rings. The molecule has 1 atom stereocenters. The summed E-state index contributed by atoms with van der Waals surface area (Å²) in [4.78, 5) is 28.5. The van der Waals surface area contributed by atoms with E-state index in [-0.39, 0.29) is 11.7 Å². The van der Waals surface area contributed by atoms with Crippen molar-refractivity contribution in [3.63, 3.8) is 0 Å². The molecular weight excluding hydrogens is 378 g/mol. The number of imide groups is 1. The fraction of sp³-hybridized carbons (Fsp3) is 0.375. The van der Waals surface area contributed by atoms with E-state index in [0.717, 1.165) is 36.5 Å². The van der Waals surface area contributed by atoms with Gasteiger partial charge in [0.15, 0.2) is 0 Å². The van der Waals surface area contributed by atoms with Crippen LogP contribution in [0.15, 0.2) is 53.6 Å². The first kappa shape index (κ1) is 21.7. The van der Waals surface area contributed by atoms with E-state index >= 15 is 0 Å². The Morgan fingerprint density at radius 1 is 1.13 bits per heavy atom. The highest BCUT2D eigenvalue weighted by atomic mass is 16.3. The standard InChI is InChI=1S/C24H29N3O3/c1-4-6-15-26(5-2)16-20-22(19-9-7-8-10-21(19)28)25-27(24(20)30)23(29)18-13-11-17(3)12-14-18/h7-14,20,28H,4-6,15-16H2,1-3H3. The van der Waals surface area contributed by atoms with Gasteiger partial charge in [0.1, 0.15) is 5.75 Å². The Bertz CT molecular complexity index is 937. The molecule has 1 N–H and O–H groups in total. The number of hydrogen-bond donors (Lipinski definition) is 1. The van der Waals surface area contributed by atoms with Crippen molar-refractivity contribution in [2.75, 3.05) is 19.6 Å².